The number of nitrogens with one attached hydrogen (secondary N) is 1. The Bertz CT molecular complexity index is 1310. The number of halogens is 2. The largest absolute Gasteiger partial charge is 0.326 e. The standard InChI is InChI=1S/C23H17Cl2N5O2/c1-14(31)30(16-11-21-20(28-13-16)6-3-8-26-21)22-10-15(7-9-27-22)29-23(32)12-17-18(24)4-2-5-19(17)25/h2-11,13H,12H2,1H3,(H,27,29,32). The molecule has 7 nitrogen and oxygen atoms in total. The van der Waals surface area contributed by atoms with Crippen molar-refractivity contribution >= 4 is 63.2 Å². The van der Waals surface area contributed by atoms with Crippen LogP contribution in [-0.2, 0) is 16.0 Å². The average Bonchev–Trinajstić information content (AvgIpc) is 2.76. The van der Waals surface area contributed by atoms with Crippen LogP contribution in [0, 0.1) is 0 Å². The summed E-state index contributed by atoms with van der Waals surface area (Å²) in [4.78, 5) is 39.4. The van der Waals surface area contributed by atoms with Crippen LogP contribution in [0.15, 0.2) is 67.1 Å². The molecule has 0 fully saturated rings. The molecule has 0 unspecified atom stereocenters. The quantitative estimate of drug-likeness (QED) is 0.437. The van der Waals surface area contributed by atoms with Crippen LogP contribution in [0.3, 0.4) is 0 Å². The zero-order chi connectivity index (χ0) is 22.7. The van der Waals surface area contributed by atoms with Crippen LogP contribution in [0.25, 0.3) is 11.0 Å². The third-order valence-corrected chi connectivity index (χ3v) is 5.38. The van der Waals surface area contributed by atoms with Gasteiger partial charge in [0.25, 0.3) is 0 Å². The second-order valence-corrected chi connectivity index (χ2v) is 7.73. The lowest BCUT2D eigenvalue weighted by molar-refractivity contribution is -0.116. The zero-order valence-electron chi connectivity index (χ0n) is 16.9. The lowest BCUT2D eigenvalue weighted by Crippen LogP contribution is -2.24. The van der Waals surface area contributed by atoms with Crippen LogP contribution < -0.4 is 10.2 Å². The van der Waals surface area contributed by atoms with Crippen molar-refractivity contribution in [3.63, 3.8) is 0 Å². The Kier molecular flexibility index (Phi) is 6.30. The first-order valence-electron chi connectivity index (χ1n) is 9.62. The molecule has 0 aliphatic rings. The van der Waals surface area contributed by atoms with E-state index in [-0.39, 0.29) is 18.2 Å². The summed E-state index contributed by atoms with van der Waals surface area (Å²) in [7, 11) is 0. The van der Waals surface area contributed by atoms with E-state index in [1.165, 1.54) is 18.0 Å². The van der Waals surface area contributed by atoms with E-state index in [1.54, 1.807) is 54.9 Å². The summed E-state index contributed by atoms with van der Waals surface area (Å²) in [5.41, 5.74) is 2.90. The predicted octanol–water partition coefficient (Wildman–Crippen LogP) is 5.20. The minimum atomic E-state index is -0.303. The van der Waals surface area contributed by atoms with Gasteiger partial charge in [-0.05, 0) is 42.0 Å². The lowest BCUT2D eigenvalue weighted by atomic mass is 10.1. The number of rotatable bonds is 5. The number of nitrogens with zero attached hydrogens (tertiary/aromatic N) is 4. The van der Waals surface area contributed by atoms with Crippen LogP contribution in [-0.4, -0.2) is 26.8 Å². The Morgan fingerprint density at radius 3 is 2.47 bits per heavy atom. The third kappa shape index (κ3) is 4.69. The van der Waals surface area contributed by atoms with E-state index in [4.69, 9.17) is 23.2 Å². The van der Waals surface area contributed by atoms with Gasteiger partial charge in [0, 0.05) is 41.1 Å². The number of hydrogen-bond acceptors (Lipinski definition) is 5. The number of benzene rings is 1. The summed E-state index contributed by atoms with van der Waals surface area (Å²) in [5.74, 6) is -0.229. The minimum Gasteiger partial charge on any atom is -0.326 e. The first kappa shape index (κ1) is 21.7. The predicted molar refractivity (Wildman–Crippen MR) is 125 cm³/mol. The topological polar surface area (TPSA) is 88.1 Å². The fourth-order valence-electron chi connectivity index (χ4n) is 3.23. The maximum absolute atomic E-state index is 12.6. The van der Waals surface area contributed by atoms with Crippen LogP contribution in [0.1, 0.15) is 12.5 Å². The summed E-state index contributed by atoms with van der Waals surface area (Å²) in [6.45, 7) is 1.43. The first-order valence-corrected chi connectivity index (χ1v) is 10.4. The number of hydrogen-bond donors (Lipinski definition) is 1. The molecular weight excluding hydrogens is 449 g/mol. The van der Waals surface area contributed by atoms with E-state index in [9.17, 15) is 9.59 Å². The van der Waals surface area contributed by atoms with E-state index in [1.807, 2.05) is 6.07 Å². The van der Waals surface area contributed by atoms with Gasteiger partial charge in [-0.1, -0.05) is 29.3 Å². The minimum absolute atomic E-state index is 0.00680. The monoisotopic (exact) mass is 465 g/mol. The molecule has 0 bridgehead atoms. The van der Waals surface area contributed by atoms with Gasteiger partial charge in [-0.25, -0.2) is 4.98 Å². The highest BCUT2D eigenvalue weighted by molar-refractivity contribution is 6.36. The maximum Gasteiger partial charge on any atom is 0.229 e. The summed E-state index contributed by atoms with van der Waals surface area (Å²) in [5, 5.41) is 3.64. The van der Waals surface area contributed by atoms with Gasteiger partial charge in [-0.2, -0.15) is 0 Å². The fourth-order valence-corrected chi connectivity index (χ4v) is 3.76. The number of aromatic nitrogens is 3. The molecule has 0 atom stereocenters. The molecule has 0 saturated carbocycles. The number of amides is 2. The Hall–Kier alpha value is -3.55. The molecule has 4 aromatic rings. The molecule has 32 heavy (non-hydrogen) atoms. The molecule has 0 spiro atoms. The number of pyridine rings is 3. The van der Waals surface area contributed by atoms with Gasteiger partial charge in [0.2, 0.25) is 11.8 Å². The van der Waals surface area contributed by atoms with Crippen molar-refractivity contribution in [2.24, 2.45) is 0 Å². The highest BCUT2D eigenvalue weighted by Crippen LogP contribution is 2.28. The fraction of sp³-hybridized carbons (Fsp3) is 0.0870. The summed E-state index contributed by atoms with van der Waals surface area (Å²) in [6.07, 6.45) is 4.76. The summed E-state index contributed by atoms with van der Waals surface area (Å²) >= 11 is 12.3. The second-order valence-electron chi connectivity index (χ2n) is 6.92. The van der Waals surface area contributed by atoms with Gasteiger partial charge >= 0.3 is 0 Å². The van der Waals surface area contributed by atoms with Crippen LogP contribution in [0.2, 0.25) is 10.0 Å². The van der Waals surface area contributed by atoms with E-state index in [2.05, 4.69) is 20.3 Å². The Morgan fingerprint density at radius 2 is 1.72 bits per heavy atom. The number of carbonyl (C=O) groups is 2. The molecule has 0 aliphatic carbocycles. The van der Waals surface area contributed by atoms with E-state index in [0.717, 1.165) is 0 Å². The number of anilines is 3. The molecule has 1 N–H and O–H groups in total. The zero-order valence-corrected chi connectivity index (χ0v) is 18.4. The molecule has 160 valence electrons. The molecule has 0 saturated heterocycles. The molecule has 9 heteroatoms. The molecule has 3 aromatic heterocycles. The maximum atomic E-state index is 12.6. The van der Waals surface area contributed by atoms with E-state index in [0.29, 0.717) is 43.8 Å². The first-order chi connectivity index (χ1) is 15.4. The Labute approximate surface area is 194 Å². The van der Waals surface area contributed by atoms with Gasteiger partial charge in [0.15, 0.2) is 0 Å². The number of carbonyl (C=O) groups excluding carboxylic acids is 2. The molecular formula is C23H17Cl2N5O2. The SMILES string of the molecule is CC(=O)N(c1cnc2cccnc2c1)c1cc(NC(=O)Cc2c(Cl)cccc2Cl)ccn1. The third-order valence-electron chi connectivity index (χ3n) is 4.67. The van der Waals surface area contributed by atoms with Crippen molar-refractivity contribution in [2.75, 3.05) is 10.2 Å². The van der Waals surface area contributed by atoms with Crippen LogP contribution in [0.4, 0.5) is 17.2 Å². The van der Waals surface area contributed by atoms with Crippen molar-refractivity contribution in [3.8, 4) is 0 Å². The Morgan fingerprint density at radius 1 is 0.938 bits per heavy atom. The van der Waals surface area contributed by atoms with E-state index < -0.39 is 0 Å². The highest BCUT2D eigenvalue weighted by atomic mass is 35.5. The Balaban J connectivity index is 1.60. The smallest absolute Gasteiger partial charge is 0.229 e. The molecule has 3 heterocycles. The van der Waals surface area contributed by atoms with Crippen molar-refractivity contribution in [2.45, 2.75) is 13.3 Å². The molecule has 0 aliphatic heterocycles. The van der Waals surface area contributed by atoms with Gasteiger partial charge in [0.05, 0.1) is 29.3 Å². The van der Waals surface area contributed by atoms with Gasteiger partial charge in [-0.3, -0.25) is 24.5 Å². The van der Waals surface area contributed by atoms with Crippen molar-refractivity contribution < 1.29 is 9.59 Å². The van der Waals surface area contributed by atoms with Gasteiger partial charge in [0.1, 0.15) is 5.82 Å². The summed E-state index contributed by atoms with van der Waals surface area (Å²) in [6, 6.07) is 13.7. The van der Waals surface area contributed by atoms with Gasteiger partial charge in [-0.15, -0.1) is 0 Å². The van der Waals surface area contributed by atoms with Gasteiger partial charge < -0.3 is 5.32 Å². The van der Waals surface area contributed by atoms with Crippen LogP contribution >= 0.6 is 23.2 Å². The average molecular weight is 466 g/mol. The van der Waals surface area contributed by atoms with Crippen molar-refractivity contribution in [1.82, 2.24) is 15.0 Å². The van der Waals surface area contributed by atoms with E-state index >= 15 is 0 Å². The van der Waals surface area contributed by atoms with Crippen molar-refractivity contribution in [1.29, 1.82) is 0 Å². The van der Waals surface area contributed by atoms with Crippen LogP contribution in [0.5, 0.6) is 0 Å². The summed E-state index contributed by atoms with van der Waals surface area (Å²) < 4.78 is 0. The molecule has 4 rings (SSSR count). The highest BCUT2D eigenvalue weighted by Gasteiger charge is 2.18. The molecule has 1 aromatic carbocycles. The second kappa shape index (κ2) is 9.30. The van der Waals surface area contributed by atoms with Crippen molar-refractivity contribution in [3.05, 3.63) is 82.7 Å². The number of fused-ring (bicyclic) bond motifs is 1. The normalized spacial score (nSPS) is 10.7. The lowest BCUT2D eigenvalue weighted by Gasteiger charge is -2.20. The molecule has 2 amide bonds. The molecule has 0 radical (unpaired) electrons.